The Morgan fingerprint density at radius 1 is 0.860 bits per heavy atom. The van der Waals surface area contributed by atoms with Gasteiger partial charge in [-0.2, -0.15) is 0 Å². The lowest BCUT2D eigenvalue weighted by Gasteiger charge is -2.45. The van der Waals surface area contributed by atoms with Gasteiger partial charge >= 0.3 is 12.6 Å². The molecule has 3 aromatic carbocycles. The molecule has 11 nitrogen and oxygen atoms in total. The van der Waals surface area contributed by atoms with Crippen molar-refractivity contribution in [1.29, 1.82) is 0 Å². The van der Waals surface area contributed by atoms with E-state index in [1.807, 2.05) is 54.6 Å². The first kappa shape index (κ1) is 35.0. The zero-order valence-corrected chi connectivity index (χ0v) is 29.8. The molecule has 0 radical (unpaired) electrons. The Morgan fingerprint density at radius 3 is 1.94 bits per heavy atom. The number of morpholine rings is 1. The molecule has 4 aromatic rings. The van der Waals surface area contributed by atoms with Crippen molar-refractivity contribution >= 4 is 18.1 Å². The van der Waals surface area contributed by atoms with Crippen LogP contribution in [0, 0.1) is 6.92 Å². The van der Waals surface area contributed by atoms with Gasteiger partial charge in [0.1, 0.15) is 6.23 Å². The van der Waals surface area contributed by atoms with Gasteiger partial charge in [0.25, 0.3) is 5.56 Å². The largest absolute Gasteiger partial charge is 0.379 e. The second kappa shape index (κ2) is 15.1. The summed E-state index contributed by atoms with van der Waals surface area (Å²) in [7, 11) is 0. The van der Waals surface area contributed by atoms with E-state index in [1.54, 1.807) is 11.6 Å². The highest BCUT2D eigenvalue weighted by molar-refractivity contribution is 7.83. The lowest BCUT2D eigenvalue weighted by atomic mass is 9.75. The van der Waals surface area contributed by atoms with E-state index in [0.29, 0.717) is 24.7 Å². The summed E-state index contributed by atoms with van der Waals surface area (Å²) in [6.07, 6.45) is 1.58. The van der Waals surface area contributed by atoms with Crippen LogP contribution in [0.4, 0.5) is 0 Å². The van der Waals surface area contributed by atoms with Gasteiger partial charge in [-0.3, -0.25) is 28.7 Å². The Labute approximate surface area is 296 Å². The van der Waals surface area contributed by atoms with Crippen LogP contribution in [0.15, 0.2) is 107 Å². The van der Waals surface area contributed by atoms with Gasteiger partial charge in [0, 0.05) is 50.5 Å². The van der Waals surface area contributed by atoms with Crippen LogP contribution in [-0.4, -0.2) is 88.8 Å². The number of hydrogen-bond donors (Lipinski definition) is 1. The maximum atomic E-state index is 14.1. The molecule has 3 unspecified atom stereocenters. The minimum Gasteiger partial charge on any atom is -0.379 e. The lowest BCUT2D eigenvalue weighted by Crippen LogP contribution is -2.52. The van der Waals surface area contributed by atoms with Crippen molar-refractivity contribution in [1.82, 2.24) is 24.0 Å². The number of rotatable bonds is 10. The highest BCUT2D eigenvalue weighted by Crippen LogP contribution is 2.58. The summed E-state index contributed by atoms with van der Waals surface area (Å²) in [5, 5.41) is 0. The van der Waals surface area contributed by atoms with Crippen LogP contribution >= 0.6 is 18.1 Å². The summed E-state index contributed by atoms with van der Waals surface area (Å²) < 4.78 is 35.8. The first-order chi connectivity index (χ1) is 24.3. The van der Waals surface area contributed by atoms with Crippen LogP contribution in [0.5, 0.6) is 0 Å². The van der Waals surface area contributed by atoms with E-state index in [4.69, 9.17) is 25.2 Å². The van der Waals surface area contributed by atoms with Crippen molar-refractivity contribution in [3.8, 4) is 0 Å². The molecule has 264 valence electrons. The number of piperidine rings is 1. The Morgan fingerprint density at radius 2 is 1.40 bits per heavy atom. The van der Waals surface area contributed by atoms with Crippen molar-refractivity contribution in [3.63, 3.8) is 0 Å². The third-order valence-corrected chi connectivity index (χ3v) is 12.7. The number of aryl methyl sites for hydroxylation is 1. The van der Waals surface area contributed by atoms with Gasteiger partial charge < -0.3 is 14.0 Å². The van der Waals surface area contributed by atoms with Gasteiger partial charge in [-0.1, -0.05) is 91.0 Å². The van der Waals surface area contributed by atoms with Crippen molar-refractivity contribution in [2.24, 2.45) is 0 Å². The second-order valence-electron chi connectivity index (χ2n) is 13.1. The first-order valence-electron chi connectivity index (χ1n) is 17.2. The molecular weight excluding hydrogens is 677 g/mol. The van der Waals surface area contributed by atoms with E-state index in [2.05, 4.69) is 51.2 Å². The number of ether oxygens (including phenoxy) is 2. The third kappa shape index (κ3) is 6.94. The maximum Gasteiger partial charge on any atom is 0.363 e. The predicted molar refractivity (Wildman–Crippen MR) is 192 cm³/mol. The number of aromatic amines is 1. The van der Waals surface area contributed by atoms with Gasteiger partial charge in [-0.15, -0.1) is 0 Å². The van der Waals surface area contributed by atoms with Gasteiger partial charge in [0.2, 0.25) is 0 Å². The minimum absolute atomic E-state index is 0.133. The van der Waals surface area contributed by atoms with Crippen molar-refractivity contribution in [2.45, 2.75) is 43.8 Å². The number of nitrogens with one attached hydrogen (secondary N) is 1. The average Bonchev–Trinajstić information content (AvgIpc) is 3.58. The van der Waals surface area contributed by atoms with Gasteiger partial charge in [-0.05, 0) is 47.7 Å². The molecule has 3 saturated heterocycles. The predicted octanol–water partition coefficient (Wildman–Crippen LogP) is 5.15. The summed E-state index contributed by atoms with van der Waals surface area (Å²) >= 11 is 6.81. The van der Waals surface area contributed by atoms with E-state index in [0.717, 1.165) is 55.8 Å². The highest BCUT2D eigenvalue weighted by Gasteiger charge is 2.51. The minimum atomic E-state index is -3.76. The lowest BCUT2D eigenvalue weighted by molar-refractivity contribution is -0.0678. The zero-order chi connectivity index (χ0) is 34.7. The summed E-state index contributed by atoms with van der Waals surface area (Å²) in [4.78, 5) is 32.6. The summed E-state index contributed by atoms with van der Waals surface area (Å²) in [5.41, 5.74) is 1.32. The number of H-pyrrole nitrogens is 1. The normalized spacial score (nSPS) is 22.8. The number of hydrogen-bond acceptors (Lipinski definition) is 8. The molecule has 1 N–H and O–H groups in total. The molecule has 0 aliphatic carbocycles. The Kier molecular flexibility index (Phi) is 10.6. The number of halogens is 1. The fourth-order valence-corrected chi connectivity index (χ4v) is 9.50. The Balaban J connectivity index is 1.26. The molecule has 13 heteroatoms. The first-order valence-corrected chi connectivity index (χ1v) is 19.7. The van der Waals surface area contributed by atoms with Crippen LogP contribution in [0.1, 0.15) is 41.3 Å². The van der Waals surface area contributed by atoms with E-state index in [-0.39, 0.29) is 13.2 Å². The monoisotopic (exact) mass is 719 g/mol. The zero-order valence-electron chi connectivity index (χ0n) is 28.1. The average molecular weight is 720 g/mol. The van der Waals surface area contributed by atoms with Crippen LogP contribution in [0.3, 0.4) is 0 Å². The third-order valence-electron chi connectivity index (χ3n) is 10.2. The molecule has 4 heterocycles. The van der Waals surface area contributed by atoms with Crippen LogP contribution in [-0.2, 0) is 24.1 Å². The van der Waals surface area contributed by atoms with Gasteiger partial charge in [0.05, 0.1) is 25.4 Å². The molecule has 3 atom stereocenters. The Hall–Kier alpha value is -3.38. The Bertz CT molecular complexity index is 1800. The quantitative estimate of drug-likeness (QED) is 0.176. The van der Waals surface area contributed by atoms with Crippen LogP contribution in [0.25, 0.3) is 0 Å². The van der Waals surface area contributed by atoms with Gasteiger partial charge in [0.15, 0.2) is 6.23 Å². The fourth-order valence-electron chi connectivity index (χ4n) is 7.69. The van der Waals surface area contributed by atoms with Crippen molar-refractivity contribution in [3.05, 3.63) is 140 Å². The van der Waals surface area contributed by atoms with Gasteiger partial charge in [-0.25, -0.2) is 9.46 Å². The summed E-state index contributed by atoms with van der Waals surface area (Å²) in [6.45, 7) is 2.36. The molecule has 1 aromatic heterocycles. The second-order valence-corrected chi connectivity index (χ2v) is 16.1. The number of aromatic nitrogens is 2. The van der Waals surface area contributed by atoms with Crippen molar-refractivity contribution in [2.75, 3.05) is 52.5 Å². The standard InChI is InChI=1S/C37H43ClN5O6P/c1-28-25-42(36(45)39-35(28)44)33-26-43(34(49-33)27-48-50(38,46)41-19-17-32(18-20-41)40-21-23-47-24-22-40)37(29-11-5-2-6-12-29,30-13-7-3-8-14-30)31-15-9-4-10-16-31/h2-16,25,32-34H,17-24,26-27H2,1H3,(H,39,44,45). The molecule has 7 rings (SSSR count). The van der Waals surface area contributed by atoms with E-state index in [1.165, 1.54) is 10.8 Å². The highest BCUT2D eigenvalue weighted by atomic mass is 35.7. The fraction of sp³-hybridized carbons (Fsp3) is 0.405. The smallest absolute Gasteiger partial charge is 0.363 e. The molecule has 50 heavy (non-hydrogen) atoms. The van der Waals surface area contributed by atoms with E-state index in [9.17, 15) is 14.2 Å². The maximum absolute atomic E-state index is 14.1. The van der Waals surface area contributed by atoms with Crippen molar-refractivity contribution < 1.29 is 18.6 Å². The molecule has 0 saturated carbocycles. The van der Waals surface area contributed by atoms with E-state index >= 15 is 0 Å². The molecule has 0 bridgehead atoms. The molecule has 3 aliphatic heterocycles. The molecule has 3 aliphatic rings. The summed E-state index contributed by atoms with van der Waals surface area (Å²) in [6, 6.07) is 30.8. The summed E-state index contributed by atoms with van der Waals surface area (Å²) in [5.74, 6) is 0. The van der Waals surface area contributed by atoms with E-state index < -0.39 is 36.1 Å². The SMILES string of the molecule is Cc1cn(C2CN(C(c3ccccc3)(c3ccccc3)c3ccccc3)C(COP(=O)(Cl)N3CCC(N4CCOCC4)CC3)O2)c(=O)[nH]c1=O. The molecule has 0 spiro atoms. The van der Waals surface area contributed by atoms with Crippen LogP contribution in [0.2, 0.25) is 0 Å². The molecular formula is C37H43ClN5O6P. The number of nitrogens with zero attached hydrogens (tertiary/aromatic N) is 4. The topological polar surface area (TPSA) is 109 Å². The van der Waals surface area contributed by atoms with Crippen LogP contribution < -0.4 is 11.2 Å². The molecule has 3 fully saturated rings. The molecule has 0 amide bonds. The number of benzene rings is 3.